The van der Waals surface area contributed by atoms with E-state index in [9.17, 15) is 10.2 Å². The molecule has 0 aliphatic heterocycles. The zero-order valence-electron chi connectivity index (χ0n) is 9.51. The highest BCUT2D eigenvalue weighted by Gasteiger charge is 2.13. The van der Waals surface area contributed by atoms with Crippen LogP contribution in [-0.4, -0.2) is 20.0 Å². The number of aromatic nitrogens is 2. The van der Waals surface area contributed by atoms with E-state index in [4.69, 9.17) is 11.6 Å². The molecule has 0 fully saturated rings. The molecule has 1 heterocycles. The average molecular weight is 340 g/mol. The third-order valence-electron chi connectivity index (χ3n) is 2.76. The number of rotatable bonds is 1. The number of aromatic hydroxyl groups is 2. The van der Waals surface area contributed by atoms with Gasteiger partial charge in [-0.1, -0.05) is 11.6 Å². The van der Waals surface area contributed by atoms with Crippen molar-refractivity contribution in [3.8, 4) is 17.2 Å². The van der Waals surface area contributed by atoms with Gasteiger partial charge < -0.3 is 10.2 Å². The molecule has 0 aliphatic carbocycles. The molecule has 0 aliphatic rings. The summed E-state index contributed by atoms with van der Waals surface area (Å²) < 4.78 is 2.22. The Morgan fingerprint density at radius 2 is 1.74 bits per heavy atom. The maximum absolute atomic E-state index is 9.49. The molecule has 6 heteroatoms. The first kappa shape index (κ1) is 12.3. The highest BCUT2D eigenvalue weighted by Crippen LogP contribution is 2.32. The van der Waals surface area contributed by atoms with Crippen molar-refractivity contribution < 1.29 is 10.2 Å². The Balaban J connectivity index is 2.28. The van der Waals surface area contributed by atoms with Gasteiger partial charge in [0.2, 0.25) is 0 Å². The van der Waals surface area contributed by atoms with E-state index in [2.05, 4.69) is 21.0 Å². The van der Waals surface area contributed by atoms with Crippen LogP contribution in [0.1, 0.15) is 0 Å². The lowest BCUT2D eigenvalue weighted by atomic mass is 10.2. The van der Waals surface area contributed by atoms with Crippen molar-refractivity contribution in [1.29, 1.82) is 0 Å². The fourth-order valence-corrected chi connectivity index (χ4v) is 2.68. The molecule has 0 saturated heterocycles. The highest BCUT2D eigenvalue weighted by atomic mass is 79.9. The van der Waals surface area contributed by atoms with Crippen molar-refractivity contribution in [2.45, 2.75) is 0 Å². The fraction of sp³-hybridized carbons (Fsp3) is 0. The normalized spacial score (nSPS) is 11.1. The van der Waals surface area contributed by atoms with E-state index < -0.39 is 0 Å². The second kappa shape index (κ2) is 4.43. The van der Waals surface area contributed by atoms with Gasteiger partial charge in [0.05, 0.1) is 11.2 Å². The Morgan fingerprint density at radius 1 is 1.05 bits per heavy atom. The van der Waals surface area contributed by atoms with Gasteiger partial charge in [0.1, 0.15) is 16.7 Å². The molecule has 0 unspecified atom stereocenters. The minimum Gasteiger partial charge on any atom is -0.508 e. The van der Waals surface area contributed by atoms with Crippen LogP contribution in [0.3, 0.4) is 0 Å². The predicted molar refractivity (Wildman–Crippen MR) is 77.1 cm³/mol. The lowest BCUT2D eigenvalue weighted by Gasteiger charge is -2.06. The van der Waals surface area contributed by atoms with E-state index in [-0.39, 0.29) is 11.5 Å². The van der Waals surface area contributed by atoms with Crippen LogP contribution >= 0.6 is 27.5 Å². The third kappa shape index (κ3) is 2.05. The van der Waals surface area contributed by atoms with Crippen molar-refractivity contribution >= 4 is 38.4 Å². The molecule has 1 aromatic heterocycles. The number of hydrogen-bond donors (Lipinski definition) is 2. The maximum Gasteiger partial charge on any atom is 0.140 e. The highest BCUT2D eigenvalue weighted by molar-refractivity contribution is 9.10. The predicted octanol–water partition coefficient (Wildman–Crippen LogP) is 3.85. The molecule has 0 spiro atoms. The maximum atomic E-state index is 9.49. The number of nitrogens with zero attached hydrogens (tertiary/aromatic N) is 2. The van der Waals surface area contributed by atoms with Gasteiger partial charge in [0.15, 0.2) is 0 Å². The monoisotopic (exact) mass is 338 g/mol. The summed E-state index contributed by atoms with van der Waals surface area (Å²) in [6, 6.07) is 9.64. The second-order valence-corrected chi connectivity index (χ2v) is 5.25. The van der Waals surface area contributed by atoms with Crippen LogP contribution < -0.4 is 0 Å². The van der Waals surface area contributed by atoms with E-state index in [0.29, 0.717) is 26.2 Å². The molecule has 0 atom stereocenters. The quantitative estimate of drug-likeness (QED) is 0.708. The summed E-state index contributed by atoms with van der Waals surface area (Å²) in [5.74, 6) is 0.292. The van der Waals surface area contributed by atoms with Crippen LogP contribution in [0, 0.1) is 0 Å². The second-order valence-electron chi connectivity index (χ2n) is 4.04. The summed E-state index contributed by atoms with van der Waals surface area (Å²) in [6.07, 6.45) is 0. The minimum atomic E-state index is 0.138. The van der Waals surface area contributed by atoms with Gasteiger partial charge in [0, 0.05) is 9.86 Å². The Morgan fingerprint density at radius 3 is 2.47 bits per heavy atom. The fourth-order valence-electron chi connectivity index (χ4n) is 1.87. The Kier molecular flexibility index (Phi) is 2.88. The summed E-state index contributed by atoms with van der Waals surface area (Å²) in [5.41, 5.74) is 1.39. The van der Waals surface area contributed by atoms with Crippen molar-refractivity contribution in [3.05, 3.63) is 46.0 Å². The summed E-state index contributed by atoms with van der Waals surface area (Å²) in [4.78, 5) is 0. The van der Waals surface area contributed by atoms with Gasteiger partial charge in [-0.25, -0.2) is 4.68 Å². The molecule has 96 valence electrons. The Hall–Kier alpha value is -1.72. The molecule has 2 aromatic carbocycles. The largest absolute Gasteiger partial charge is 0.508 e. The van der Waals surface area contributed by atoms with E-state index >= 15 is 0 Å². The van der Waals surface area contributed by atoms with Gasteiger partial charge in [-0.2, -0.15) is 5.10 Å². The number of phenols is 2. The van der Waals surface area contributed by atoms with Crippen LogP contribution in [0.5, 0.6) is 11.5 Å². The van der Waals surface area contributed by atoms with Gasteiger partial charge in [-0.3, -0.25) is 0 Å². The number of halogens is 2. The van der Waals surface area contributed by atoms with Gasteiger partial charge in [-0.05, 0) is 52.3 Å². The van der Waals surface area contributed by atoms with Gasteiger partial charge >= 0.3 is 0 Å². The smallest absolute Gasteiger partial charge is 0.140 e. The first-order chi connectivity index (χ1) is 9.06. The molecular formula is C13H8BrClN2O2. The standard InChI is InChI=1S/C13H8BrClN2O2/c14-10-6-8(19)2-4-12(10)17-13(15)9-5-7(18)1-3-11(9)16-17/h1-6,18-19H. The third-order valence-corrected chi connectivity index (χ3v) is 3.75. The van der Waals surface area contributed by atoms with E-state index in [1.54, 1.807) is 41.1 Å². The van der Waals surface area contributed by atoms with Crippen LogP contribution in [0.25, 0.3) is 16.6 Å². The minimum absolute atomic E-state index is 0.138. The molecule has 4 nitrogen and oxygen atoms in total. The first-order valence-electron chi connectivity index (χ1n) is 5.42. The number of hydrogen-bond acceptors (Lipinski definition) is 3. The van der Waals surface area contributed by atoms with Crippen molar-refractivity contribution in [1.82, 2.24) is 9.78 Å². The van der Waals surface area contributed by atoms with E-state index in [1.165, 1.54) is 0 Å². The lowest BCUT2D eigenvalue weighted by Crippen LogP contribution is -1.97. The van der Waals surface area contributed by atoms with Gasteiger partial charge in [0.25, 0.3) is 0 Å². The van der Waals surface area contributed by atoms with Crippen LogP contribution in [0.15, 0.2) is 40.9 Å². The molecule has 19 heavy (non-hydrogen) atoms. The molecule has 0 saturated carbocycles. The van der Waals surface area contributed by atoms with Crippen molar-refractivity contribution in [2.75, 3.05) is 0 Å². The topological polar surface area (TPSA) is 58.3 Å². The van der Waals surface area contributed by atoms with E-state index in [1.807, 2.05) is 0 Å². The zero-order valence-corrected chi connectivity index (χ0v) is 11.9. The number of benzene rings is 2. The van der Waals surface area contributed by atoms with Crippen LogP contribution in [0.2, 0.25) is 5.15 Å². The average Bonchev–Trinajstić information content (AvgIpc) is 2.67. The molecule has 3 aromatic rings. The summed E-state index contributed by atoms with van der Waals surface area (Å²) >= 11 is 9.64. The molecule has 3 rings (SSSR count). The molecule has 0 bridgehead atoms. The molecule has 0 radical (unpaired) electrons. The summed E-state index contributed by atoms with van der Waals surface area (Å²) in [6.45, 7) is 0. The SMILES string of the molecule is Oc1ccc(-n2nc3ccc(O)cc3c2Cl)c(Br)c1. The van der Waals surface area contributed by atoms with Crippen LogP contribution in [-0.2, 0) is 0 Å². The van der Waals surface area contributed by atoms with Crippen molar-refractivity contribution in [2.24, 2.45) is 0 Å². The molecule has 0 amide bonds. The first-order valence-corrected chi connectivity index (χ1v) is 6.59. The summed E-state index contributed by atoms with van der Waals surface area (Å²) in [5, 5.41) is 24.3. The zero-order chi connectivity index (χ0) is 13.6. The molecular weight excluding hydrogens is 332 g/mol. The van der Waals surface area contributed by atoms with Gasteiger partial charge in [-0.15, -0.1) is 0 Å². The number of phenolic OH excluding ortho intramolecular Hbond substituents is 2. The molecule has 2 N–H and O–H groups in total. The Labute approximate surface area is 122 Å². The van der Waals surface area contributed by atoms with Crippen molar-refractivity contribution in [3.63, 3.8) is 0 Å². The lowest BCUT2D eigenvalue weighted by molar-refractivity contribution is 0.474. The number of fused-ring (bicyclic) bond motifs is 1. The Bertz CT molecular complexity index is 786. The summed E-state index contributed by atoms with van der Waals surface area (Å²) in [7, 11) is 0. The van der Waals surface area contributed by atoms with Crippen LogP contribution in [0.4, 0.5) is 0 Å². The van der Waals surface area contributed by atoms with E-state index in [0.717, 1.165) is 0 Å².